The minimum Gasteiger partial charge on any atom is -0.481 e. The maximum absolute atomic E-state index is 12.1. The fourth-order valence-electron chi connectivity index (χ4n) is 2.86. The zero-order valence-corrected chi connectivity index (χ0v) is 11.8. The average Bonchev–Trinajstić information content (AvgIpc) is 2.75. The number of carbonyl (C=O) groups is 2. The number of aromatic nitrogens is 1. The van der Waals surface area contributed by atoms with Gasteiger partial charge in [-0.3, -0.25) is 9.59 Å². The van der Waals surface area contributed by atoms with Crippen molar-refractivity contribution in [3.8, 4) is 0 Å². The van der Waals surface area contributed by atoms with Gasteiger partial charge in [-0.1, -0.05) is 24.4 Å². The number of halogens is 1. The van der Waals surface area contributed by atoms with Crippen molar-refractivity contribution >= 4 is 29.3 Å². The molecule has 1 saturated carbocycles. The van der Waals surface area contributed by atoms with Gasteiger partial charge < -0.3 is 10.4 Å². The third-order valence-corrected chi connectivity index (χ3v) is 3.95. The Bertz CT molecular complexity index is 513. The molecule has 0 bridgehead atoms. The minimum atomic E-state index is -0.847. The van der Waals surface area contributed by atoms with E-state index in [0.29, 0.717) is 10.8 Å². The number of nitrogens with zero attached hydrogens (tertiary/aromatic N) is 1. The van der Waals surface area contributed by atoms with Crippen LogP contribution in [0.5, 0.6) is 0 Å². The largest absolute Gasteiger partial charge is 0.481 e. The van der Waals surface area contributed by atoms with Crippen molar-refractivity contribution in [3.63, 3.8) is 0 Å². The topological polar surface area (TPSA) is 79.3 Å². The minimum absolute atomic E-state index is 0.0450. The van der Waals surface area contributed by atoms with E-state index in [1.807, 2.05) is 0 Å². The predicted molar refractivity (Wildman–Crippen MR) is 75.6 cm³/mol. The molecule has 0 unspecified atom stereocenters. The lowest BCUT2D eigenvalue weighted by Gasteiger charge is -2.26. The van der Waals surface area contributed by atoms with Crippen LogP contribution in [-0.2, 0) is 9.59 Å². The summed E-state index contributed by atoms with van der Waals surface area (Å²) >= 11 is 5.83. The molecule has 0 atom stereocenters. The molecule has 5 nitrogen and oxygen atoms in total. The Morgan fingerprint density at radius 3 is 2.65 bits per heavy atom. The van der Waals surface area contributed by atoms with Crippen LogP contribution in [-0.4, -0.2) is 22.0 Å². The van der Waals surface area contributed by atoms with Gasteiger partial charge in [0.2, 0.25) is 5.91 Å². The summed E-state index contributed by atoms with van der Waals surface area (Å²) in [6, 6.07) is 3.19. The normalized spacial score (nSPS) is 16.9. The van der Waals surface area contributed by atoms with Crippen LogP contribution in [0, 0.1) is 5.41 Å². The maximum Gasteiger partial charge on any atom is 0.303 e. The summed E-state index contributed by atoms with van der Waals surface area (Å²) in [5.74, 6) is -0.658. The molecule has 1 aromatic heterocycles. The summed E-state index contributed by atoms with van der Waals surface area (Å²) in [5.41, 5.74) is -0.408. The summed E-state index contributed by atoms with van der Waals surface area (Å²) in [5, 5.41) is 12.2. The van der Waals surface area contributed by atoms with Crippen LogP contribution in [0.3, 0.4) is 0 Å². The summed E-state index contributed by atoms with van der Waals surface area (Å²) in [6.07, 6.45) is 5.31. The molecule has 1 heterocycles. The van der Waals surface area contributed by atoms with Crippen LogP contribution in [0.4, 0.5) is 5.82 Å². The van der Waals surface area contributed by atoms with E-state index < -0.39 is 11.4 Å². The molecule has 0 radical (unpaired) electrons. The number of carbonyl (C=O) groups excluding carboxylic acids is 1. The van der Waals surface area contributed by atoms with E-state index in [-0.39, 0.29) is 18.7 Å². The zero-order chi connectivity index (χ0) is 14.6. The van der Waals surface area contributed by atoms with E-state index in [1.54, 1.807) is 12.1 Å². The molecule has 2 N–H and O–H groups in total. The molecule has 108 valence electrons. The first-order valence-corrected chi connectivity index (χ1v) is 7.00. The van der Waals surface area contributed by atoms with Crippen molar-refractivity contribution in [2.24, 2.45) is 5.41 Å². The van der Waals surface area contributed by atoms with Crippen LogP contribution in [0.25, 0.3) is 0 Å². The van der Waals surface area contributed by atoms with Crippen LogP contribution in [0.2, 0.25) is 5.02 Å². The Kier molecular flexibility index (Phi) is 4.60. The SMILES string of the molecule is O=C(O)CC1(CC(=O)Nc2cc(Cl)ccn2)CCCC1. The van der Waals surface area contributed by atoms with E-state index in [1.165, 1.54) is 6.20 Å². The highest BCUT2D eigenvalue weighted by Gasteiger charge is 2.38. The van der Waals surface area contributed by atoms with Gasteiger partial charge in [-0.25, -0.2) is 4.98 Å². The second kappa shape index (κ2) is 6.22. The number of anilines is 1. The van der Waals surface area contributed by atoms with Crippen molar-refractivity contribution in [2.75, 3.05) is 5.32 Å². The molecule has 0 aliphatic heterocycles. The highest BCUT2D eigenvalue weighted by Crippen LogP contribution is 2.44. The fourth-order valence-corrected chi connectivity index (χ4v) is 3.02. The van der Waals surface area contributed by atoms with Crippen molar-refractivity contribution < 1.29 is 14.7 Å². The molecule has 6 heteroatoms. The van der Waals surface area contributed by atoms with Gasteiger partial charge in [0.25, 0.3) is 0 Å². The molecule has 0 aromatic carbocycles. The third kappa shape index (κ3) is 3.93. The lowest BCUT2D eigenvalue weighted by atomic mass is 9.79. The standard InChI is InChI=1S/C14H17ClN2O3/c15-10-3-6-16-11(7-10)17-12(18)8-14(9-13(19)20)4-1-2-5-14/h3,6-7H,1-2,4-5,8-9H2,(H,19,20)(H,16,17,18). The molecule has 1 aliphatic rings. The monoisotopic (exact) mass is 296 g/mol. The number of hydrogen-bond acceptors (Lipinski definition) is 3. The first-order valence-electron chi connectivity index (χ1n) is 6.62. The van der Waals surface area contributed by atoms with E-state index in [0.717, 1.165) is 25.7 Å². The molecular formula is C14H17ClN2O3. The smallest absolute Gasteiger partial charge is 0.303 e. The number of rotatable bonds is 5. The van der Waals surface area contributed by atoms with E-state index in [9.17, 15) is 9.59 Å². The van der Waals surface area contributed by atoms with Crippen LogP contribution < -0.4 is 5.32 Å². The Morgan fingerprint density at radius 1 is 1.35 bits per heavy atom. The Balaban J connectivity index is 2.00. The molecule has 2 rings (SSSR count). The molecule has 1 fully saturated rings. The number of carboxylic acids is 1. The lowest BCUT2D eigenvalue weighted by molar-refractivity contribution is -0.140. The number of amides is 1. The molecule has 20 heavy (non-hydrogen) atoms. The average molecular weight is 297 g/mol. The van der Waals surface area contributed by atoms with Gasteiger partial charge in [0.1, 0.15) is 5.82 Å². The first-order chi connectivity index (χ1) is 9.49. The Labute approximate surface area is 122 Å². The van der Waals surface area contributed by atoms with E-state index in [4.69, 9.17) is 16.7 Å². The van der Waals surface area contributed by atoms with Crippen molar-refractivity contribution in [1.82, 2.24) is 4.98 Å². The van der Waals surface area contributed by atoms with Gasteiger partial charge >= 0.3 is 5.97 Å². The quantitative estimate of drug-likeness (QED) is 0.875. The second-order valence-electron chi connectivity index (χ2n) is 5.36. The number of carboxylic acid groups (broad SMARTS) is 1. The van der Waals surface area contributed by atoms with Gasteiger partial charge in [-0.2, -0.15) is 0 Å². The first kappa shape index (κ1) is 14.8. The summed E-state index contributed by atoms with van der Waals surface area (Å²) in [6.45, 7) is 0. The molecule has 0 saturated heterocycles. The molecular weight excluding hydrogens is 280 g/mol. The number of pyridine rings is 1. The molecule has 1 amide bonds. The third-order valence-electron chi connectivity index (χ3n) is 3.72. The maximum atomic E-state index is 12.1. The molecule has 1 aromatic rings. The van der Waals surface area contributed by atoms with E-state index in [2.05, 4.69) is 10.3 Å². The highest BCUT2D eigenvalue weighted by atomic mass is 35.5. The second-order valence-corrected chi connectivity index (χ2v) is 5.80. The van der Waals surface area contributed by atoms with Crippen molar-refractivity contribution in [1.29, 1.82) is 0 Å². The summed E-state index contributed by atoms with van der Waals surface area (Å²) in [7, 11) is 0. The highest BCUT2D eigenvalue weighted by molar-refractivity contribution is 6.30. The fraction of sp³-hybridized carbons (Fsp3) is 0.500. The zero-order valence-electron chi connectivity index (χ0n) is 11.1. The Hall–Kier alpha value is -1.62. The van der Waals surface area contributed by atoms with Gasteiger partial charge in [-0.15, -0.1) is 0 Å². The predicted octanol–water partition coefficient (Wildman–Crippen LogP) is 3.10. The van der Waals surface area contributed by atoms with Crippen molar-refractivity contribution in [2.45, 2.75) is 38.5 Å². The number of aliphatic carboxylic acids is 1. The van der Waals surface area contributed by atoms with Gasteiger partial charge in [0.05, 0.1) is 6.42 Å². The lowest BCUT2D eigenvalue weighted by Crippen LogP contribution is -2.27. The van der Waals surface area contributed by atoms with Gasteiger partial charge in [0, 0.05) is 17.6 Å². The summed E-state index contributed by atoms with van der Waals surface area (Å²) in [4.78, 5) is 27.1. The molecule has 0 spiro atoms. The van der Waals surface area contributed by atoms with Crippen LogP contribution in [0.1, 0.15) is 38.5 Å². The molecule has 1 aliphatic carbocycles. The van der Waals surface area contributed by atoms with E-state index >= 15 is 0 Å². The number of nitrogens with one attached hydrogen (secondary N) is 1. The van der Waals surface area contributed by atoms with Crippen LogP contribution in [0.15, 0.2) is 18.3 Å². The summed E-state index contributed by atoms with van der Waals surface area (Å²) < 4.78 is 0. The Morgan fingerprint density at radius 2 is 2.05 bits per heavy atom. The van der Waals surface area contributed by atoms with Gasteiger partial charge in [-0.05, 0) is 30.4 Å². The number of hydrogen-bond donors (Lipinski definition) is 2. The van der Waals surface area contributed by atoms with Gasteiger partial charge in [0.15, 0.2) is 0 Å². The van der Waals surface area contributed by atoms with Crippen LogP contribution >= 0.6 is 11.6 Å². The van der Waals surface area contributed by atoms with Crippen molar-refractivity contribution in [3.05, 3.63) is 23.4 Å².